The second-order valence-corrected chi connectivity index (χ2v) is 10.1. The number of carbonyl (C=O) groups excluding carboxylic acids is 3. The van der Waals surface area contributed by atoms with Crippen molar-refractivity contribution >= 4 is 27.7 Å². The van der Waals surface area contributed by atoms with Gasteiger partial charge in [0.2, 0.25) is 5.91 Å². The maximum absolute atomic E-state index is 13.2. The third-order valence-corrected chi connectivity index (χ3v) is 8.51. The Bertz CT molecular complexity index is 1180. The molecule has 2 aromatic rings. The quantitative estimate of drug-likeness (QED) is 0.234. The molecule has 2 aliphatic heterocycles. The summed E-state index contributed by atoms with van der Waals surface area (Å²) in [6.07, 6.45) is -0.293. The number of β-lactam (4-membered cyclic amide) rings is 1. The molecule has 0 radical (unpaired) electrons. The molecule has 2 saturated heterocycles. The zero-order valence-corrected chi connectivity index (χ0v) is 20.5. The second-order valence-electron chi connectivity index (χ2n) is 7.57. The smallest absolute Gasteiger partial charge is 0.548 e. The fourth-order valence-electron chi connectivity index (χ4n) is 4.18. The van der Waals surface area contributed by atoms with E-state index in [-0.39, 0.29) is 54.0 Å². The van der Waals surface area contributed by atoms with Crippen LogP contribution >= 0.6 is 0 Å². The van der Waals surface area contributed by atoms with Crippen molar-refractivity contribution in [3.63, 3.8) is 0 Å². The number of sulfone groups is 1. The van der Waals surface area contributed by atoms with Crippen LogP contribution in [0.4, 0.5) is 0 Å². The normalized spacial score (nSPS) is 25.4. The first kappa shape index (κ1) is 24.4. The molecule has 4 rings (SSSR count). The number of aliphatic carboxylic acids is 1. The van der Waals surface area contributed by atoms with Crippen LogP contribution in [-0.4, -0.2) is 68.9 Å². The Morgan fingerprint density at radius 1 is 1.28 bits per heavy atom. The van der Waals surface area contributed by atoms with E-state index >= 15 is 0 Å². The van der Waals surface area contributed by atoms with Gasteiger partial charge in [0.05, 0.1) is 31.6 Å². The first-order valence-electron chi connectivity index (χ1n) is 9.55. The number of hydrogen-bond acceptors (Lipinski definition) is 9. The third kappa shape index (κ3) is 3.45. The fourth-order valence-corrected chi connectivity index (χ4v) is 6.53. The summed E-state index contributed by atoms with van der Waals surface area (Å²) in [5.41, 5.74) is 0.608. The molecule has 32 heavy (non-hydrogen) atoms. The van der Waals surface area contributed by atoms with Gasteiger partial charge in [0, 0.05) is 5.56 Å². The predicted octanol–water partition coefficient (Wildman–Crippen LogP) is -4.01. The molecular formula is C19H19N4NaO7S. The summed E-state index contributed by atoms with van der Waals surface area (Å²) >= 11 is 0. The van der Waals surface area contributed by atoms with Crippen molar-refractivity contribution in [1.29, 1.82) is 0 Å². The first-order valence-corrected chi connectivity index (χ1v) is 11.1. The van der Waals surface area contributed by atoms with Crippen LogP contribution in [0, 0.1) is 0 Å². The van der Waals surface area contributed by atoms with Gasteiger partial charge < -0.3 is 19.5 Å². The molecule has 0 aliphatic carbocycles. The minimum atomic E-state index is -4.12. The molecule has 2 aliphatic rings. The van der Waals surface area contributed by atoms with Gasteiger partial charge >= 0.3 is 35.5 Å². The standard InChI is InChI=1S/C19H20N4O7S.Na/c1-3-30-18(27)15-14(11-7-5-4-6-8-11)20-21-22(15)10-19(2)16(17(25)26)23-12(24)9-13(23)31(19,28)29;/h4-8,13,16H,3,9-10H2,1-2H3,(H,25,26);/q;+1/p-1/t13-,16-,19-;/m0./s1. The van der Waals surface area contributed by atoms with E-state index in [9.17, 15) is 27.9 Å². The van der Waals surface area contributed by atoms with Crippen LogP contribution in [0.15, 0.2) is 30.3 Å². The summed E-state index contributed by atoms with van der Waals surface area (Å²) in [5, 5.41) is 18.6. The molecule has 11 nitrogen and oxygen atoms in total. The van der Waals surface area contributed by atoms with E-state index in [1.165, 1.54) is 6.92 Å². The Balaban J connectivity index is 0.00000289. The Hall–Kier alpha value is -2.28. The van der Waals surface area contributed by atoms with Gasteiger partial charge in [-0.25, -0.2) is 17.9 Å². The van der Waals surface area contributed by atoms with Crippen molar-refractivity contribution in [2.75, 3.05) is 6.61 Å². The number of esters is 1. The molecule has 0 unspecified atom stereocenters. The van der Waals surface area contributed by atoms with Gasteiger partial charge in [0.15, 0.2) is 15.5 Å². The number of carbonyl (C=O) groups is 3. The summed E-state index contributed by atoms with van der Waals surface area (Å²) in [5.74, 6) is -3.06. The predicted molar refractivity (Wildman–Crippen MR) is 103 cm³/mol. The van der Waals surface area contributed by atoms with E-state index in [0.29, 0.717) is 5.56 Å². The number of ether oxygens (including phenoxy) is 1. The molecule has 0 saturated carbocycles. The number of carboxylic acids is 1. The van der Waals surface area contributed by atoms with Crippen molar-refractivity contribution in [2.24, 2.45) is 0 Å². The molecule has 1 aromatic heterocycles. The zero-order valence-electron chi connectivity index (χ0n) is 17.7. The Morgan fingerprint density at radius 2 is 1.94 bits per heavy atom. The number of fused-ring (bicyclic) bond motifs is 1. The van der Waals surface area contributed by atoms with E-state index in [1.54, 1.807) is 37.3 Å². The number of aromatic nitrogens is 3. The molecule has 2 fully saturated rings. The average molecular weight is 470 g/mol. The van der Waals surface area contributed by atoms with Gasteiger partial charge in [-0.05, 0) is 13.8 Å². The van der Waals surface area contributed by atoms with Crippen LogP contribution in [0.25, 0.3) is 11.3 Å². The molecule has 0 spiro atoms. The molecule has 1 amide bonds. The topological polar surface area (TPSA) is 152 Å². The molecule has 3 atom stereocenters. The summed E-state index contributed by atoms with van der Waals surface area (Å²) in [6.45, 7) is 2.36. The minimum Gasteiger partial charge on any atom is -0.548 e. The Morgan fingerprint density at radius 3 is 2.50 bits per heavy atom. The molecule has 13 heteroatoms. The Kier molecular flexibility index (Phi) is 6.53. The molecule has 0 N–H and O–H groups in total. The van der Waals surface area contributed by atoms with Crippen LogP contribution in [0.3, 0.4) is 0 Å². The van der Waals surface area contributed by atoms with E-state index in [2.05, 4.69) is 10.3 Å². The number of hydrogen-bond donors (Lipinski definition) is 0. The van der Waals surface area contributed by atoms with Crippen LogP contribution in [0.1, 0.15) is 30.8 Å². The number of benzene rings is 1. The maximum atomic E-state index is 13.2. The average Bonchev–Trinajstić information content (AvgIpc) is 3.18. The van der Waals surface area contributed by atoms with Gasteiger partial charge in [0.1, 0.15) is 15.8 Å². The summed E-state index contributed by atoms with van der Waals surface area (Å²) in [6, 6.07) is 6.90. The summed E-state index contributed by atoms with van der Waals surface area (Å²) < 4.78 is 30.5. The number of nitrogens with zero attached hydrogens (tertiary/aromatic N) is 4. The largest absolute Gasteiger partial charge is 1.00 e. The van der Waals surface area contributed by atoms with Crippen molar-refractivity contribution in [3.05, 3.63) is 36.0 Å². The van der Waals surface area contributed by atoms with E-state index in [1.807, 2.05) is 0 Å². The molecule has 3 heterocycles. The van der Waals surface area contributed by atoms with Gasteiger partial charge in [-0.1, -0.05) is 35.5 Å². The first-order chi connectivity index (χ1) is 14.6. The van der Waals surface area contributed by atoms with Crippen LogP contribution in [0.2, 0.25) is 0 Å². The van der Waals surface area contributed by atoms with E-state index < -0.39 is 50.4 Å². The van der Waals surface area contributed by atoms with Crippen molar-refractivity contribution in [3.8, 4) is 11.3 Å². The molecular weight excluding hydrogens is 451 g/mol. The van der Waals surface area contributed by atoms with Gasteiger partial charge in [-0.15, -0.1) is 5.10 Å². The van der Waals surface area contributed by atoms with E-state index in [4.69, 9.17) is 4.74 Å². The SMILES string of the molecule is CCOC(=O)c1c(-c2ccccc2)nnn1C[C@@]1(C)[C@H](C(=O)[O-])N2C(=O)C[C@@H]2S1(=O)=O.[Na+]. The molecule has 0 bridgehead atoms. The number of amides is 1. The number of rotatable bonds is 6. The summed E-state index contributed by atoms with van der Waals surface area (Å²) in [7, 11) is -4.12. The molecule has 164 valence electrons. The van der Waals surface area contributed by atoms with Crippen LogP contribution in [-0.2, 0) is 30.7 Å². The van der Waals surface area contributed by atoms with Crippen molar-refractivity contribution in [2.45, 2.75) is 43.0 Å². The van der Waals surface area contributed by atoms with Gasteiger partial charge in [-0.2, -0.15) is 0 Å². The fraction of sp³-hybridized carbons (Fsp3) is 0.421. The monoisotopic (exact) mass is 470 g/mol. The zero-order chi connectivity index (χ0) is 22.6. The van der Waals surface area contributed by atoms with Crippen molar-refractivity contribution in [1.82, 2.24) is 19.9 Å². The van der Waals surface area contributed by atoms with E-state index in [0.717, 1.165) is 9.58 Å². The minimum absolute atomic E-state index is 0. The van der Waals surface area contributed by atoms with Crippen LogP contribution < -0.4 is 34.7 Å². The molecule has 1 aromatic carbocycles. The van der Waals surface area contributed by atoms with Crippen molar-refractivity contribution < 1.29 is 62.2 Å². The van der Waals surface area contributed by atoms with Gasteiger partial charge in [-0.3, -0.25) is 4.79 Å². The third-order valence-electron chi connectivity index (χ3n) is 5.75. The maximum Gasteiger partial charge on any atom is 1.00 e. The second kappa shape index (κ2) is 8.58. The van der Waals surface area contributed by atoms with Gasteiger partial charge in [0.25, 0.3) is 0 Å². The van der Waals surface area contributed by atoms with Crippen LogP contribution in [0.5, 0.6) is 0 Å². The number of carboxylic acid groups (broad SMARTS) is 1. The summed E-state index contributed by atoms with van der Waals surface area (Å²) in [4.78, 5) is 37.4. The Labute approximate surface area is 205 Å².